The van der Waals surface area contributed by atoms with Gasteiger partial charge in [0.1, 0.15) is 5.76 Å². The Balaban J connectivity index is 0.000000304. The van der Waals surface area contributed by atoms with Crippen molar-refractivity contribution < 1.29 is 19.7 Å². The van der Waals surface area contributed by atoms with Crippen molar-refractivity contribution in [3.63, 3.8) is 0 Å². The molecule has 17 heavy (non-hydrogen) atoms. The molecular formula is C12H18O4Se. The first kappa shape index (κ1) is 16.0. The van der Waals surface area contributed by atoms with Gasteiger partial charge in [-0.2, -0.15) is 0 Å². The normalized spacial score (nSPS) is 8.94. The van der Waals surface area contributed by atoms with Crippen LogP contribution in [0.3, 0.4) is 0 Å². The van der Waals surface area contributed by atoms with Crippen LogP contribution in [-0.2, 0) is 11.3 Å². The summed E-state index contributed by atoms with van der Waals surface area (Å²) in [5, 5.41) is 17.1. The molecule has 0 spiro atoms. The van der Waals surface area contributed by atoms with Gasteiger partial charge in [-0.1, -0.05) is 13.2 Å². The predicted octanol–water partition coefficient (Wildman–Crippen LogP) is 0.940. The molecule has 1 heterocycles. The van der Waals surface area contributed by atoms with Crippen molar-refractivity contribution in [3.8, 4) is 5.75 Å². The van der Waals surface area contributed by atoms with Crippen LogP contribution in [-0.4, -0.2) is 45.5 Å². The van der Waals surface area contributed by atoms with Crippen LogP contribution in [0.1, 0.15) is 5.56 Å². The number of ether oxygens (including phenoxy) is 2. The van der Waals surface area contributed by atoms with Gasteiger partial charge in [0.25, 0.3) is 0 Å². The van der Waals surface area contributed by atoms with E-state index < -0.39 is 0 Å². The average Bonchev–Trinajstić information content (AvgIpc) is 2.84. The van der Waals surface area contributed by atoms with E-state index in [1.807, 2.05) is 9.88 Å². The van der Waals surface area contributed by atoms with Gasteiger partial charge in [-0.25, -0.2) is 0 Å². The van der Waals surface area contributed by atoms with Crippen molar-refractivity contribution in [1.82, 2.24) is 0 Å². The molecule has 0 atom stereocenters. The molecule has 0 saturated heterocycles. The Bertz CT molecular complexity index is 325. The van der Waals surface area contributed by atoms with Crippen LogP contribution in [0.25, 0.3) is 0 Å². The van der Waals surface area contributed by atoms with Crippen LogP contribution in [0, 0.1) is 0 Å². The van der Waals surface area contributed by atoms with E-state index in [1.54, 1.807) is 7.11 Å². The minimum atomic E-state index is -0.0906. The van der Waals surface area contributed by atoms with E-state index in [9.17, 15) is 0 Å². The van der Waals surface area contributed by atoms with Crippen LogP contribution < -0.4 is 4.74 Å². The molecule has 4 nitrogen and oxygen atoms in total. The maximum atomic E-state index is 8.69. The van der Waals surface area contributed by atoms with Crippen molar-refractivity contribution in [2.24, 2.45) is 0 Å². The van der Waals surface area contributed by atoms with Crippen molar-refractivity contribution in [3.05, 3.63) is 39.9 Å². The van der Waals surface area contributed by atoms with Gasteiger partial charge in [-0.05, 0) is 0 Å². The Hall–Kier alpha value is -1.00. The van der Waals surface area contributed by atoms with Gasteiger partial charge in [0.2, 0.25) is 0 Å². The third-order valence-corrected chi connectivity index (χ3v) is 3.54. The fourth-order valence-corrected chi connectivity index (χ4v) is 2.50. The molecule has 0 unspecified atom stereocenters. The molecule has 5 heteroatoms. The van der Waals surface area contributed by atoms with Crippen molar-refractivity contribution in [2.75, 3.05) is 20.8 Å². The summed E-state index contributed by atoms with van der Waals surface area (Å²) in [5.41, 5.74) is 1.45. The number of aliphatic hydroxyl groups is 2. The third-order valence-electron chi connectivity index (χ3n) is 1.92. The summed E-state index contributed by atoms with van der Waals surface area (Å²) in [7, 11) is 3.11. The molecule has 1 rings (SSSR count). The summed E-state index contributed by atoms with van der Waals surface area (Å²) in [6.07, 6.45) is 0. The summed E-state index contributed by atoms with van der Waals surface area (Å²) in [5.74, 6) is 1.28. The van der Waals surface area contributed by atoms with Crippen LogP contribution in [0.15, 0.2) is 34.4 Å². The van der Waals surface area contributed by atoms with E-state index in [1.165, 1.54) is 7.11 Å². The van der Waals surface area contributed by atoms with Crippen molar-refractivity contribution in [2.45, 2.75) is 6.61 Å². The van der Waals surface area contributed by atoms with Crippen LogP contribution in [0.5, 0.6) is 5.75 Å². The maximum absolute atomic E-state index is 8.69. The Kier molecular flexibility index (Phi) is 8.54. The van der Waals surface area contributed by atoms with Gasteiger partial charge < -0.3 is 9.84 Å². The molecule has 0 amide bonds. The second-order valence-corrected chi connectivity index (χ2v) is 4.57. The molecular weight excluding hydrogens is 287 g/mol. The second kappa shape index (κ2) is 9.07. The predicted molar refractivity (Wildman–Crippen MR) is 68.2 cm³/mol. The van der Waals surface area contributed by atoms with E-state index in [-0.39, 0.29) is 13.2 Å². The van der Waals surface area contributed by atoms with E-state index in [4.69, 9.17) is 14.9 Å². The topological polar surface area (TPSA) is 58.9 Å². The first-order chi connectivity index (χ1) is 8.10. The monoisotopic (exact) mass is 306 g/mol. The minimum absolute atomic E-state index is 0.0906. The molecule has 2 N–H and O–H groups in total. The molecule has 0 radical (unpaired) electrons. The standard InChI is InChI=1S/C6H8O2Se.C6H10O2/c1-8-6-4-9-3-5(6)2-7;1-5(4-7)6(2)8-3/h3-4,7H,2H2,1H3;7H,1-2,4H2,3H3. The molecule has 0 aliphatic heterocycles. The third kappa shape index (κ3) is 5.75. The summed E-state index contributed by atoms with van der Waals surface area (Å²) in [6.45, 7) is 6.94. The quantitative estimate of drug-likeness (QED) is 0.483. The Labute approximate surface area is 108 Å². The fourth-order valence-electron chi connectivity index (χ4n) is 0.839. The zero-order chi connectivity index (χ0) is 13.3. The summed E-state index contributed by atoms with van der Waals surface area (Å²) >= 11 is 0.406. The number of methoxy groups -OCH3 is 2. The number of rotatable bonds is 5. The van der Waals surface area contributed by atoms with E-state index in [2.05, 4.69) is 17.9 Å². The van der Waals surface area contributed by atoms with E-state index in [0.717, 1.165) is 11.3 Å². The van der Waals surface area contributed by atoms with Crippen LogP contribution in [0.4, 0.5) is 0 Å². The molecule has 0 aliphatic carbocycles. The Morgan fingerprint density at radius 2 is 1.94 bits per heavy atom. The first-order valence-electron chi connectivity index (χ1n) is 4.82. The second-order valence-electron chi connectivity index (χ2n) is 3.01. The van der Waals surface area contributed by atoms with Crippen molar-refractivity contribution in [1.29, 1.82) is 0 Å². The van der Waals surface area contributed by atoms with E-state index in [0.29, 0.717) is 25.8 Å². The van der Waals surface area contributed by atoms with Gasteiger partial charge >= 0.3 is 59.3 Å². The average molecular weight is 305 g/mol. The van der Waals surface area contributed by atoms with Crippen LogP contribution in [0.2, 0.25) is 0 Å². The summed E-state index contributed by atoms with van der Waals surface area (Å²) in [4.78, 5) is 4.03. The van der Waals surface area contributed by atoms with Crippen LogP contribution >= 0.6 is 0 Å². The van der Waals surface area contributed by atoms with Gasteiger partial charge in [0, 0.05) is 5.57 Å². The Morgan fingerprint density at radius 3 is 2.24 bits per heavy atom. The summed E-state index contributed by atoms with van der Waals surface area (Å²) < 4.78 is 9.61. The molecule has 1 aromatic heterocycles. The molecule has 0 bridgehead atoms. The number of hydrogen-bond acceptors (Lipinski definition) is 4. The fraction of sp³-hybridized carbons (Fsp3) is 0.333. The SMILES string of the molecule is C=C(CO)C(=C)OC.COc1c[se]cc1CO. The van der Waals surface area contributed by atoms with E-state index >= 15 is 0 Å². The van der Waals surface area contributed by atoms with Gasteiger partial charge in [-0.15, -0.1) is 0 Å². The molecule has 1 aromatic rings. The first-order valence-corrected chi connectivity index (χ1v) is 6.80. The van der Waals surface area contributed by atoms with Crippen molar-refractivity contribution >= 4 is 14.5 Å². The zero-order valence-corrected chi connectivity index (χ0v) is 11.8. The Morgan fingerprint density at radius 1 is 1.29 bits per heavy atom. The zero-order valence-electron chi connectivity index (χ0n) is 10.1. The molecule has 0 aliphatic rings. The molecule has 96 valence electrons. The van der Waals surface area contributed by atoms with Gasteiger partial charge in [-0.3, -0.25) is 0 Å². The molecule has 0 saturated carbocycles. The van der Waals surface area contributed by atoms with Gasteiger partial charge in [0.05, 0.1) is 13.7 Å². The number of hydrogen-bond donors (Lipinski definition) is 2. The number of aliphatic hydroxyl groups excluding tert-OH is 2. The van der Waals surface area contributed by atoms with Gasteiger partial charge in [0.15, 0.2) is 0 Å². The molecule has 0 aromatic carbocycles. The summed E-state index contributed by atoms with van der Waals surface area (Å²) in [6, 6.07) is 0. The molecule has 0 fully saturated rings.